The number of carbonyl (C=O) groups is 2. The average Bonchev–Trinajstić information content (AvgIpc) is 3.63. The van der Waals surface area contributed by atoms with Crippen LogP contribution in [0.2, 0.25) is 0 Å². The molecule has 33 heavy (non-hydrogen) atoms. The van der Waals surface area contributed by atoms with Crippen molar-refractivity contribution in [3.8, 4) is 0 Å². The molecule has 1 aliphatic heterocycles. The van der Waals surface area contributed by atoms with E-state index in [1.165, 1.54) is 0 Å². The summed E-state index contributed by atoms with van der Waals surface area (Å²) in [5, 5.41) is 8.71. The minimum absolute atomic E-state index is 0.0369. The number of nitrogens with zero attached hydrogens (tertiary/aromatic N) is 1. The molecule has 0 bridgehead atoms. The molecule has 1 aliphatic carbocycles. The van der Waals surface area contributed by atoms with Crippen molar-refractivity contribution in [3.63, 3.8) is 0 Å². The number of nitrogens with one attached hydrogen (secondary N) is 3. The number of hydrogen-bond acceptors (Lipinski definition) is 5. The zero-order valence-corrected chi connectivity index (χ0v) is 19.6. The van der Waals surface area contributed by atoms with E-state index in [1.54, 1.807) is 53.7 Å². The van der Waals surface area contributed by atoms with Gasteiger partial charge in [-0.2, -0.15) is 4.31 Å². The van der Waals surface area contributed by atoms with Gasteiger partial charge in [-0.05, 0) is 68.5 Å². The van der Waals surface area contributed by atoms with E-state index in [-0.39, 0.29) is 29.3 Å². The van der Waals surface area contributed by atoms with Gasteiger partial charge < -0.3 is 16.0 Å². The van der Waals surface area contributed by atoms with Crippen LogP contribution in [0.1, 0.15) is 48.0 Å². The Hall–Kier alpha value is -2.91. The molecular weight excluding hydrogens is 440 g/mol. The number of hydrogen-bond donors (Lipinski definition) is 3. The highest BCUT2D eigenvalue weighted by Crippen LogP contribution is 2.26. The first-order valence-corrected chi connectivity index (χ1v) is 12.8. The third-order valence-electron chi connectivity index (χ3n) is 5.90. The molecule has 9 heteroatoms. The zero-order chi connectivity index (χ0) is 23.4. The molecule has 1 saturated heterocycles. The van der Waals surface area contributed by atoms with E-state index in [9.17, 15) is 18.0 Å². The second kappa shape index (κ2) is 9.93. The van der Waals surface area contributed by atoms with Crippen molar-refractivity contribution < 1.29 is 18.0 Å². The summed E-state index contributed by atoms with van der Waals surface area (Å²) in [4.78, 5) is 24.9. The average molecular weight is 471 g/mol. The summed E-state index contributed by atoms with van der Waals surface area (Å²) in [6, 6.07) is 12.2. The molecule has 0 atom stereocenters. The first-order valence-electron chi connectivity index (χ1n) is 11.4. The Morgan fingerprint density at radius 2 is 1.76 bits per heavy atom. The molecule has 1 saturated carbocycles. The van der Waals surface area contributed by atoms with E-state index in [0.717, 1.165) is 32.1 Å². The van der Waals surface area contributed by atoms with E-state index >= 15 is 0 Å². The van der Waals surface area contributed by atoms with Crippen molar-refractivity contribution in [2.75, 3.05) is 30.3 Å². The monoisotopic (exact) mass is 470 g/mol. The normalized spacial score (nSPS) is 16.8. The Kier molecular flexibility index (Phi) is 6.99. The topological polar surface area (TPSA) is 108 Å². The largest absolute Gasteiger partial charge is 0.376 e. The molecule has 1 heterocycles. The second-order valence-corrected chi connectivity index (χ2v) is 10.6. The summed E-state index contributed by atoms with van der Waals surface area (Å²) < 4.78 is 27.7. The fourth-order valence-corrected chi connectivity index (χ4v) is 5.62. The summed E-state index contributed by atoms with van der Waals surface area (Å²) in [6.45, 7) is 2.82. The van der Waals surface area contributed by atoms with Crippen LogP contribution in [0.4, 0.5) is 11.4 Å². The third kappa shape index (κ3) is 5.91. The second-order valence-electron chi connectivity index (χ2n) is 8.68. The van der Waals surface area contributed by atoms with Gasteiger partial charge in [0, 0.05) is 36.1 Å². The van der Waals surface area contributed by atoms with Crippen LogP contribution in [0, 0.1) is 6.92 Å². The number of rotatable bonds is 8. The van der Waals surface area contributed by atoms with Crippen molar-refractivity contribution in [1.82, 2.24) is 9.62 Å². The number of sulfonamides is 1. The van der Waals surface area contributed by atoms with E-state index in [0.29, 0.717) is 35.6 Å². The van der Waals surface area contributed by atoms with Gasteiger partial charge in [-0.3, -0.25) is 9.59 Å². The van der Waals surface area contributed by atoms with Crippen LogP contribution in [0.3, 0.4) is 0 Å². The van der Waals surface area contributed by atoms with Gasteiger partial charge >= 0.3 is 0 Å². The van der Waals surface area contributed by atoms with Crippen LogP contribution < -0.4 is 16.0 Å². The lowest BCUT2D eigenvalue weighted by molar-refractivity contribution is -0.114. The standard InChI is InChI=1S/C24H30N4O4S/c1-17-8-9-20(15-22(17)33(31,32)28-12-3-2-4-13-28)25-16-23(29)26-21-7-5-6-18(14-21)24(30)27-19-10-11-19/h5-9,14-15,19,25H,2-4,10-13,16H2,1H3,(H,26,29)(H,27,30). The van der Waals surface area contributed by atoms with Gasteiger partial charge in [-0.15, -0.1) is 0 Å². The maximum atomic E-state index is 13.1. The van der Waals surface area contributed by atoms with Gasteiger partial charge in [0.05, 0.1) is 11.4 Å². The maximum Gasteiger partial charge on any atom is 0.251 e. The van der Waals surface area contributed by atoms with E-state index in [2.05, 4.69) is 16.0 Å². The highest BCUT2D eigenvalue weighted by Gasteiger charge is 2.27. The lowest BCUT2D eigenvalue weighted by Crippen LogP contribution is -2.36. The lowest BCUT2D eigenvalue weighted by atomic mass is 10.2. The fraction of sp³-hybridized carbons (Fsp3) is 0.417. The molecule has 0 unspecified atom stereocenters. The fourth-order valence-electron chi connectivity index (χ4n) is 3.85. The van der Waals surface area contributed by atoms with Crippen molar-refractivity contribution in [2.24, 2.45) is 0 Å². The minimum Gasteiger partial charge on any atom is -0.376 e. The molecule has 2 aromatic carbocycles. The Morgan fingerprint density at radius 3 is 2.48 bits per heavy atom. The first kappa shape index (κ1) is 23.3. The SMILES string of the molecule is Cc1ccc(NCC(=O)Nc2cccc(C(=O)NC3CC3)c2)cc1S(=O)(=O)N1CCCCC1. The lowest BCUT2D eigenvalue weighted by Gasteiger charge is -2.26. The zero-order valence-electron chi connectivity index (χ0n) is 18.8. The predicted octanol–water partition coefficient (Wildman–Crippen LogP) is 3.11. The highest BCUT2D eigenvalue weighted by molar-refractivity contribution is 7.89. The van der Waals surface area contributed by atoms with Gasteiger partial charge in [0.1, 0.15) is 0 Å². The predicted molar refractivity (Wildman–Crippen MR) is 128 cm³/mol. The molecule has 4 rings (SSSR count). The number of carbonyl (C=O) groups excluding carboxylic acids is 2. The Morgan fingerprint density at radius 1 is 1.00 bits per heavy atom. The summed E-state index contributed by atoms with van der Waals surface area (Å²) in [5.41, 5.74) is 2.27. The maximum absolute atomic E-state index is 13.1. The third-order valence-corrected chi connectivity index (χ3v) is 7.94. The van der Waals surface area contributed by atoms with Gasteiger partial charge in [0.2, 0.25) is 15.9 Å². The molecule has 2 aromatic rings. The van der Waals surface area contributed by atoms with Gasteiger partial charge in [0.15, 0.2) is 0 Å². The first-order chi connectivity index (χ1) is 15.8. The molecule has 3 N–H and O–H groups in total. The summed E-state index contributed by atoms with van der Waals surface area (Å²) >= 11 is 0. The molecule has 0 spiro atoms. The van der Waals surface area contributed by atoms with E-state index < -0.39 is 10.0 Å². The number of anilines is 2. The molecule has 0 aromatic heterocycles. The summed E-state index contributed by atoms with van der Waals surface area (Å²) in [5.74, 6) is -0.440. The van der Waals surface area contributed by atoms with Gasteiger partial charge in [0.25, 0.3) is 5.91 Å². The van der Waals surface area contributed by atoms with Gasteiger partial charge in [-0.1, -0.05) is 18.6 Å². The van der Waals surface area contributed by atoms with Crippen LogP contribution in [0.25, 0.3) is 0 Å². The Balaban J connectivity index is 1.37. The van der Waals surface area contributed by atoms with Crippen molar-refractivity contribution >= 4 is 33.2 Å². The van der Waals surface area contributed by atoms with E-state index in [4.69, 9.17) is 0 Å². The number of piperidine rings is 1. The van der Waals surface area contributed by atoms with Crippen LogP contribution in [0.5, 0.6) is 0 Å². The van der Waals surface area contributed by atoms with Crippen LogP contribution in [-0.2, 0) is 14.8 Å². The minimum atomic E-state index is -3.56. The smallest absolute Gasteiger partial charge is 0.251 e. The molecule has 2 aliphatic rings. The Bertz CT molecular complexity index is 1140. The molecule has 0 radical (unpaired) electrons. The van der Waals surface area contributed by atoms with Gasteiger partial charge in [-0.25, -0.2) is 8.42 Å². The van der Waals surface area contributed by atoms with Crippen LogP contribution >= 0.6 is 0 Å². The number of amides is 2. The summed E-state index contributed by atoms with van der Waals surface area (Å²) in [6.07, 6.45) is 4.82. The highest BCUT2D eigenvalue weighted by atomic mass is 32.2. The van der Waals surface area contributed by atoms with Crippen LogP contribution in [-0.4, -0.2) is 50.2 Å². The number of benzene rings is 2. The molecule has 2 fully saturated rings. The molecule has 176 valence electrons. The summed E-state index contributed by atoms with van der Waals surface area (Å²) in [7, 11) is -3.56. The molecule has 8 nitrogen and oxygen atoms in total. The van der Waals surface area contributed by atoms with Crippen LogP contribution in [0.15, 0.2) is 47.4 Å². The van der Waals surface area contributed by atoms with Crippen molar-refractivity contribution in [1.29, 1.82) is 0 Å². The molecule has 2 amide bonds. The number of aryl methyl sites for hydroxylation is 1. The quantitative estimate of drug-likeness (QED) is 0.550. The molecular formula is C24H30N4O4S. The van der Waals surface area contributed by atoms with Crippen molar-refractivity contribution in [2.45, 2.75) is 50.0 Å². The van der Waals surface area contributed by atoms with E-state index in [1.807, 2.05) is 0 Å². The Labute approximate surface area is 194 Å². The van der Waals surface area contributed by atoms with Crippen molar-refractivity contribution in [3.05, 3.63) is 53.6 Å².